The highest BCUT2D eigenvalue weighted by molar-refractivity contribution is 5.98. The molecule has 0 aliphatic carbocycles. The Morgan fingerprint density at radius 2 is 0.895 bits per heavy atom. The monoisotopic (exact) mass is 250 g/mol. The number of hydrogen-bond acceptors (Lipinski definition) is 0. The van der Waals surface area contributed by atoms with Gasteiger partial charge in [-0.1, -0.05) is 81.6 Å². The number of fused-ring (bicyclic) bond motifs is 2. The third-order valence-corrected chi connectivity index (χ3v) is 3.32. The number of hydrogen-bond donors (Lipinski definition) is 0. The average molecular weight is 250 g/mol. The summed E-state index contributed by atoms with van der Waals surface area (Å²) in [6.45, 7) is 4.42. The molecular formula is C19H22. The van der Waals surface area contributed by atoms with E-state index in [-0.39, 0.29) is 0 Å². The van der Waals surface area contributed by atoms with Crippen molar-refractivity contribution in [2.75, 3.05) is 0 Å². The molecule has 0 saturated heterocycles. The Kier molecular flexibility index (Phi) is 4.97. The highest BCUT2D eigenvalue weighted by Crippen LogP contribution is 2.21. The first-order valence-corrected chi connectivity index (χ1v) is 7.22. The van der Waals surface area contributed by atoms with Crippen molar-refractivity contribution in [1.29, 1.82) is 0 Å². The Labute approximate surface area is 116 Å². The zero-order valence-corrected chi connectivity index (χ0v) is 11.9. The molecule has 0 aliphatic heterocycles. The fraction of sp³-hybridized carbons (Fsp3) is 0.263. The van der Waals surface area contributed by atoms with E-state index in [0.717, 1.165) is 0 Å². The summed E-state index contributed by atoms with van der Waals surface area (Å²) < 4.78 is 0. The Morgan fingerprint density at radius 1 is 0.579 bits per heavy atom. The van der Waals surface area contributed by atoms with E-state index >= 15 is 0 Å². The third-order valence-electron chi connectivity index (χ3n) is 3.32. The summed E-state index contributed by atoms with van der Waals surface area (Å²) in [6.07, 6.45) is 4.08. The van der Waals surface area contributed by atoms with Gasteiger partial charge in [0.1, 0.15) is 0 Å². The smallest absolute Gasteiger partial charge is 0.0178 e. The summed E-state index contributed by atoms with van der Waals surface area (Å²) in [5, 5.41) is 5.25. The van der Waals surface area contributed by atoms with E-state index in [2.05, 4.69) is 74.5 Å². The second kappa shape index (κ2) is 6.94. The fourth-order valence-corrected chi connectivity index (χ4v) is 2.24. The van der Waals surface area contributed by atoms with Crippen LogP contribution in [0.5, 0.6) is 0 Å². The summed E-state index contributed by atoms with van der Waals surface area (Å²) in [7, 11) is 0. The van der Waals surface area contributed by atoms with Crippen LogP contribution >= 0.6 is 0 Å². The van der Waals surface area contributed by atoms with Gasteiger partial charge in [0.25, 0.3) is 0 Å². The molecule has 0 spiro atoms. The van der Waals surface area contributed by atoms with Gasteiger partial charge in [0.15, 0.2) is 0 Å². The molecule has 0 saturated carbocycles. The summed E-state index contributed by atoms with van der Waals surface area (Å²) in [6, 6.07) is 21.4. The van der Waals surface area contributed by atoms with Crippen LogP contribution in [0.1, 0.15) is 33.1 Å². The second-order valence-electron chi connectivity index (χ2n) is 4.90. The van der Waals surface area contributed by atoms with Gasteiger partial charge in [-0.15, -0.1) is 0 Å². The first-order valence-electron chi connectivity index (χ1n) is 7.22. The Morgan fingerprint density at radius 3 is 1.11 bits per heavy atom. The number of unbranched alkanes of at least 4 members (excludes halogenated alkanes) is 2. The predicted molar refractivity (Wildman–Crippen MR) is 86.7 cm³/mol. The SMILES string of the molecule is CCCCC.c1ccc2cc3ccccc3cc2c1. The van der Waals surface area contributed by atoms with Gasteiger partial charge in [0.05, 0.1) is 0 Å². The minimum atomic E-state index is 1.31. The molecule has 0 heteroatoms. The van der Waals surface area contributed by atoms with Crippen LogP contribution in [0.15, 0.2) is 60.7 Å². The standard InChI is InChI=1S/C14H10.C5H12/c1-2-6-12-10-14-8-4-3-7-13(14)9-11(12)5-1;1-3-5-4-2/h1-10H;3-5H2,1-2H3. The van der Waals surface area contributed by atoms with Crippen LogP contribution in [0.3, 0.4) is 0 Å². The van der Waals surface area contributed by atoms with Gasteiger partial charge in [-0.25, -0.2) is 0 Å². The molecular weight excluding hydrogens is 228 g/mol. The molecule has 0 aliphatic rings. The topological polar surface area (TPSA) is 0 Å². The maximum atomic E-state index is 2.24. The summed E-state index contributed by atoms with van der Waals surface area (Å²) in [5.41, 5.74) is 0. The molecule has 0 unspecified atom stereocenters. The maximum Gasteiger partial charge on any atom is -0.0178 e. The van der Waals surface area contributed by atoms with Crippen LogP contribution < -0.4 is 0 Å². The molecule has 98 valence electrons. The lowest BCUT2D eigenvalue weighted by molar-refractivity contribution is 0.772. The van der Waals surface area contributed by atoms with E-state index < -0.39 is 0 Å². The van der Waals surface area contributed by atoms with Gasteiger partial charge < -0.3 is 0 Å². The van der Waals surface area contributed by atoms with Crippen LogP contribution in [-0.2, 0) is 0 Å². The van der Waals surface area contributed by atoms with E-state index in [1.165, 1.54) is 40.8 Å². The van der Waals surface area contributed by atoms with Gasteiger partial charge >= 0.3 is 0 Å². The molecule has 3 rings (SSSR count). The first kappa shape index (κ1) is 13.6. The average Bonchev–Trinajstić information content (AvgIpc) is 2.46. The molecule has 0 N–H and O–H groups in total. The van der Waals surface area contributed by atoms with Crippen molar-refractivity contribution < 1.29 is 0 Å². The minimum Gasteiger partial charge on any atom is -0.0654 e. The lowest BCUT2D eigenvalue weighted by Gasteiger charge is -2.00. The summed E-state index contributed by atoms with van der Waals surface area (Å²) in [4.78, 5) is 0. The van der Waals surface area contributed by atoms with Gasteiger partial charge in [-0.3, -0.25) is 0 Å². The molecule has 19 heavy (non-hydrogen) atoms. The number of benzene rings is 3. The molecule has 0 amide bonds. The second-order valence-corrected chi connectivity index (χ2v) is 4.90. The van der Waals surface area contributed by atoms with Crippen molar-refractivity contribution in [2.45, 2.75) is 33.1 Å². The van der Waals surface area contributed by atoms with Crippen LogP contribution in [0.4, 0.5) is 0 Å². The van der Waals surface area contributed by atoms with Gasteiger partial charge in [0, 0.05) is 0 Å². The molecule has 0 fully saturated rings. The molecule has 3 aromatic carbocycles. The molecule has 0 aromatic heterocycles. The van der Waals surface area contributed by atoms with Crippen molar-refractivity contribution >= 4 is 21.5 Å². The van der Waals surface area contributed by atoms with Gasteiger partial charge in [0.2, 0.25) is 0 Å². The fourth-order valence-electron chi connectivity index (χ4n) is 2.24. The Bertz CT molecular complexity index is 530. The third kappa shape index (κ3) is 3.57. The zero-order chi connectivity index (χ0) is 13.5. The lowest BCUT2D eigenvalue weighted by atomic mass is 10.0. The Hall–Kier alpha value is -1.82. The minimum absolute atomic E-state index is 1.31. The van der Waals surface area contributed by atoms with Crippen molar-refractivity contribution in [3.8, 4) is 0 Å². The molecule has 0 nitrogen and oxygen atoms in total. The highest BCUT2D eigenvalue weighted by Gasteiger charge is 1.95. The van der Waals surface area contributed by atoms with Gasteiger partial charge in [-0.05, 0) is 33.7 Å². The van der Waals surface area contributed by atoms with Crippen molar-refractivity contribution in [3.63, 3.8) is 0 Å². The maximum absolute atomic E-state index is 2.24. The molecule has 0 radical (unpaired) electrons. The van der Waals surface area contributed by atoms with E-state index in [9.17, 15) is 0 Å². The quantitative estimate of drug-likeness (QED) is 0.476. The van der Waals surface area contributed by atoms with Crippen molar-refractivity contribution in [2.24, 2.45) is 0 Å². The zero-order valence-electron chi connectivity index (χ0n) is 11.9. The normalized spacial score (nSPS) is 10.2. The van der Waals surface area contributed by atoms with Crippen LogP contribution in [-0.4, -0.2) is 0 Å². The largest absolute Gasteiger partial charge is 0.0654 e. The molecule has 0 heterocycles. The lowest BCUT2D eigenvalue weighted by Crippen LogP contribution is -1.74. The first-order chi connectivity index (χ1) is 9.35. The van der Waals surface area contributed by atoms with Crippen molar-refractivity contribution in [1.82, 2.24) is 0 Å². The Balaban J connectivity index is 0.000000232. The van der Waals surface area contributed by atoms with E-state index in [1.54, 1.807) is 0 Å². The molecule has 0 bridgehead atoms. The molecule has 0 atom stereocenters. The summed E-state index contributed by atoms with van der Waals surface area (Å²) in [5.74, 6) is 0. The van der Waals surface area contributed by atoms with E-state index in [4.69, 9.17) is 0 Å². The van der Waals surface area contributed by atoms with Gasteiger partial charge in [-0.2, -0.15) is 0 Å². The van der Waals surface area contributed by atoms with Crippen molar-refractivity contribution in [3.05, 3.63) is 60.7 Å². The number of rotatable bonds is 2. The van der Waals surface area contributed by atoms with Crippen LogP contribution in [0.2, 0.25) is 0 Å². The van der Waals surface area contributed by atoms with E-state index in [1.807, 2.05) is 0 Å². The summed E-state index contributed by atoms with van der Waals surface area (Å²) >= 11 is 0. The van der Waals surface area contributed by atoms with Crippen LogP contribution in [0, 0.1) is 0 Å². The predicted octanol–water partition coefficient (Wildman–Crippen LogP) is 6.19. The van der Waals surface area contributed by atoms with Crippen LogP contribution in [0.25, 0.3) is 21.5 Å². The highest BCUT2D eigenvalue weighted by atomic mass is 14.0. The van der Waals surface area contributed by atoms with E-state index in [0.29, 0.717) is 0 Å². The molecule has 3 aromatic rings.